The lowest BCUT2D eigenvalue weighted by atomic mass is 10.1. The van der Waals surface area contributed by atoms with Gasteiger partial charge in [-0.05, 0) is 55.3 Å². The highest BCUT2D eigenvalue weighted by Gasteiger charge is 2.17. The molecule has 0 aromatic heterocycles. The summed E-state index contributed by atoms with van der Waals surface area (Å²) in [5.74, 6) is -1.38. The SMILES string of the molecule is O=C(Nc1ccc(N2CCCCCC2)cc1C(=O)O)c1ccc(Br)cc1. The summed E-state index contributed by atoms with van der Waals surface area (Å²) in [5.41, 5.74) is 1.79. The maximum Gasteiger partial charge on any atom is 0.337 e. The van der Waals surface area contributed by atoms with Crippen LogP contribution < -0.4 is 10.2 Å². The predicted molar refractivity (Wildman–Crippen MR) is 106 cm³/mol. The number of halogens is 1. The van der Waals surface area contributed by atoms with Crippen LogP contribution in [0.1, 0.15) is 46.4 Å². The Morgan fingerprint density at radius 2 is 1.62 bits per heavy atom. The van der Waals surface area contributed by atoms with Crippen LogP contribution in [-0.2, 0) is 0 Å². The minimum Gasteiger partial charge on any atom is -0.478 e. The first-order valence-corrected chi connectivity index (χ1v) is 9.53. The van der Waals surface area contributed by atoms with Gasteiger partial charge in [-0.3, -0.25) is 4.79 Å². The van der Waals surface area contributed by atoms with Crippen LogP contribution in [0.2, 0.25) is 0 Å². The quantitative estimate of drug-likeness (QED) is 0.751. The van der Waals surface area contributed by atoms with Crippen molar-refractivity contribution in [1.29, 1.82) is 0 Å². The van der Waals surface area contributed by atoms with Crippen LogP contribution in [0.5, 0.6) is 0 Å². The monoisotopic (exact) mass is 416 g/mol. The van der Waals surface area contributed by atoms with Gasteiger partial charge in [-0.25, -0.2) is 4.79 Å². The molecule has 1 aliphatic rings. The lowest BCUT2D eigenvalue weighted by Crippen LogP contribution is -2.24. The van der Waals surface area contributed by atoms with Crippen molar-refractivity contribution in [2.75, 3.05) is 23.3 Å². The average Bonchev–Trinajstić information content (AvgIpc) is 2.92. The van der Waals surface area contributed by atoms with Gasteiger partial charge in [-0.15, -0.1) is 0 Å². The van der Waals surface area contributed by atoms with Crippen molar-refractivity contribution in [2.24, 2.45) is 0 Å². The molecule has 1 fully saturated rings. The maximum atomic E-state index is 12.4. The van der Waals surface area contributed by atoms with E-state index < -0.39 is 5.97 Å². The van der Waals surface area contributed by atoms with Crippen LogP contribution in [0.25, 0.3) is 0 Å². The van der Waals surface area contributed by atoms with Crippen LogP contribution >= 0.6 is 15.9 Å². The summed E-state index contributed by atoms with van der Waals surface area (Å²) in [7, 11) is 0. The first kappa shape index (κ1) is 18.5. The number of rotatable bonds is 4. The van der Waals surface area contributed by atoms with Gasteiger partial charge >= 0.3 is 5.97 Å². The molecule has 0 saturated carbocycles. The lowest BCUT2D eigenvalue weighted by Gasteiger charge is -2.23. The van der Waals surface area contributed by atoms with Gasteiger partial charge in [0.2, 0.25) is 0 Å². The number of hydrogen-bond donors (Lipinski definition) is 2. The largest absolute Gasteiger partial charge is 0.478 e. The molecule has 0 atom stereocenters. The average molecular weight is 417 g/mol. The molecule has 5 nitrogen and oxygen atoms in total. The minimum absolute atomic E-state index is 0.109. The molecule has 0 radical (unpaired) electrons. The molecule has 1 heterocycles. The Hall–Kier alpha value is -2.34. The summed E-state index contributed by atoms with van der Waals surface area (Å²) in [5, 5.41) is 12.3. The molecular formula is C20H21BrN2O3. The zero-order valence-electron chi connectivity index (χ0n) is 14.4. The van der Waals surface area contributed by atoms with Crippen molar-refractivity contribution in [3.8, 4) is 0 Å². The van der Waals surface area contributed by atoms with E-state index in [1.54, 1.807) is 36.4 Å². The molecule has 0 bridgehead atoms. The second-order valence-corrected chi connectivity index (χ2v) is 7.31. The highest BCUT2D eigenvalue weighted by atomic mass is 79.9. The molecule has 2 aromatic rings. The van der Waals surface area contributed by atoms with Gasteiger partial charge in [-0.1, -0.05) is 28.8 Å². The Balaban J connectivity index is 1.83. The van der Waals surface area contributed by atoms with Crippen LogP contribution in [0, 0.1) is 0 Å². The van der Waals surface area contributed by atoms with Crippen LogP contribution in [0.4, 0.5) is 11.4 Å². The second kappa shape index (κ2) is 8.36. The van der Waals surface area contributed by atoms with Crippen molar-refractivity contribution >= 4 is 39.2 Å². The van der Waals surface area contributed by atoms with Crippen molar-refractivity contribution < 1.29 is 14.7 Å². The van der Waals surface area contributed by atoms with E-state index in [2.05, 4.69) is 26.1 Å². The summed E-state index contributed by atoms with van der Waals surface area (Å²) < 4.78 is 0.877. The topological polar surface area (TPSA) is 69.6 Å². The zero-order chi connectivity index (χ0) is 18.5. The van der Waals surface area contributed by atoms with E-state index in [4.69, 9.17) is 0 Å². The van der Waals surface area contributed by atoms with Gasteiger partial charge < -0.3 is 15.3 Å². The first-order valence-electron chi connectivity index (χ1n) is 8.74. The van der Waals surface area contributed by atoms with Crippen LogP contribution in [0.15, 0.2) is 46.9 Å². The fraction of sp³-hybridized carbons (Fsp3) is 0.300. The molecule has 1 saturated heterocycles. The summed E-state index contributed by atoms with van der Waals surface area (Å²) in [6.45, 7) is 1.87. The third kappa shape index (κ3) is 4.43. The molecule has 0 aliphatic carbocycles. The molecule has 2 N–H and O–H groups in total. The third-order valence-electron chi connectivity index (χ3n) is 4.56. The summed E-state index contributed by atoms with van der Waals surface area (Å²) >= 11 is 3.33. The normalized spacial score (nSPS) is 14.6. The Bertz CT molecular complexity index is 797. The predicted octanol–water partition coefficient (Wildman–Crippen LogP) is 4.78. The molecule has 3 rings (SSSR count). The number of amides is 1. The lowest BCUT2D eigenvalue weighted by molar-refractivity contribution is 0.0698. The second-order valence-electron chi connectivity index (χ2n) is 6.40. The van der Waals surface area contributed by atoms with Crippen LogP contribution in [0.3, 0.4) is 0 Å². The smallest absolute Gasteiger partial charge is 0.337 e. The number of nitrogens with zero attached hydrogens (tertiary/aromatic N) is 1. The van der Waals surface area contributed by atoms with E-state index in [0.29, 0.717) is 11.3 Å². The standard InChI is InChI=1S/C20H21BrN2O3/c21-15-7-5-14(6-8-15)19(24)22-18-10-9-16(13-17(18)20(25)26)23-11-3-1-2-4-12-23/h5-10,13H,1-4,11-12H2,(H,22,24)(H,25,26). The fourth-order valence-corrected chi connectivity index (χ4v) is 3.40. The van der Waals surface area contributed by atoms with Crippen molar-refractivity contribution in [1.82, 2.24) is 0 Å². The first-order chi connectivity index (χ1) is 12.5. The number of hydrogen-bond acceptors (Lipinski definition) is 3. The molecule has 136 valence electrons. The van der Waals surface area contributed by atoms with Crippen molar-refractivity contribution in [2.45, 2.75) is 25.7 Å². The van der Waals surface area contributed by atoms with Crippen molar-refractivity contribution in [3.05, 3.63) is 58.1 Å². The van der Waals surface area contributed by atoms with Gasteiger partial charge in [0, 0.05) is 28.8 Å². The number of carbonyl (C=O) groups excluding carboxylic acids is 1. The van der Waals surface area contributed by atoms with Crippen LogP contribution in [-0.4, -0.2) is 30.1 Å². The van der Waals surface area contributed by atoms with Gasteiger partial charge in [0.1, 0.15) is 0 Å². The number of nitrogens with one attached hydrogen (secondary N) is 1. The Morgan fingerprint density at radius 3 is 2.23 bits per heavy atom. The number of anilines is 2. The Kier molecular flexibility index (Phi) is 5.93. The summed E-state index contributed by atoms with van der Waals surface area (Å²) in [4.78, 5) is 26.3. The number of benzene rings is 2. The van der Waals surface area contributed by atoms with E-state index in [1.165, 1.54) is 12.8 Å². The van der Waals surface area contributed by atoms with Gasteiger partial charge in [0.25, 0.3) is 5.91 Å². The van der Waals surface area contributed by atoms with E-state index >= 15 is 0 Å². The summed E-state index contributed by atoms with van der Waals surface area (Å²) in [6, 6.07) is 12.1. The Morgan fingerprint density at radius 1 is 0.962 bits per heavy atom. The summed E-state index contributed by atoms with van der Waals surface area (Å²) in [6.07, 6.45) is 4.65. The van der Waals surface area contributed by atoms with Gasteiger partial charge in [-0.2, -0.15) is 0 Å². The highest BCUT2D eigenvalue weighted by Crippen LogP contribution is 2.26. The van der Waals surface area contributed by atoms with Gasteiger partial charge in [0.15, 0.2) is 0 Å². The highest BCUT2D eigenvalue weighted by molar-refractivity contribution is 9.10. The molecule has 6 heteroatoms. The maximum absolute atomic E-state index is 12.4. The number of carboxylic acid groups (broad SMARTS) is 1. The van der Waals surface area contributed by atoms with Gasteiger partial charge in [0.05, 0.1) is 11.3 Å². The van der Waals surface area contributed by atoms with Crippen molar-refractivity contribution in [3.63, 3.8) is 0 Å². The third-order valence-corrected chi connectivity index (χ3v) is 5.09. The molecule has 0 spiro atoms. The molecule has 1 aliphatic heterocycles. The molecule has 26 heavy (non-hydrogen) atoms. The number of carboxylic acids is 1. The van der Waals surface area contributed by atoms with E-state index in [1.807, 2.05) is 6.07 Å². The number of carbonyl (C=O) groups is 2. The Labute approximate surface area is 161 Å². The molecule has 2 aromatic carbocycles. The zero-order valence-corrected chi connectivity index (χ0v) is 16.0. The molecular weight excluding hydrogens is 396 g/mol. The van der Waals surface area contributed by atoms with E-state index in [9.17, 15) is 14.7 Å². The number of aromatic carboxylic acids is 1. The molecule has 1 amide bonds. The fourth-order valence-electron chi connectivity index (χ4n) is 3.14. The minimum atomic E-state index is -1.05. The van der Waals surface area contributed by atoms with E-state index in [-0.39, 0.29) is 11.5 Å². The molecule has 0 unspecified atom stereocenters. The van der Waals surface area contributed by atoms with E-state index in [0.717, 1.165) is 36.1 Å².